The molecule has 4 nitrogen and oxygen atoms in total. The van der Waals surface area contributed by atoms with Crippen LogP contribution in [0.15, 0.2) is 12.3 Å². The standard InChI is InChI=1S/C6H8N2O2/c1-8-3-2-6(7-8)4-10-5-9/h2-3,5H,4H2,1H3. The van der Waals surface area contributed by atoms with Crippen molar-refractivity contribution in [2.45, 2.75) is 6.61 Å². The maximum absolute atomic E-state index is 9.73. The topological polar surface area (TPSA) is 44.1 Å². The van der Waals surface area contributed by atoms with Gasteiger partial charge in [0.25, 0.3) is 6.47 Å². The summed E-state index contributed by atoms with van der Waals surface area (Å²) < 4.78 is 6.13. The quantitative estimate of drug-likeness (QED) is 0.559. The molecule has 0 aromatic carbocycles. The van der Waals surface area contributed by atoms with Crippen molar-refractivity contribution in [2.75, 3.05) is 0 Å². The lowest BCUT2D eigenvalue weighted by atomic mass is 10.5. The van der Waals surface area contributed by atoms with E-state index >= 15 is 0 Å². The van der Waals surface area contributed by atoms with Crippen LogP contribution in [-0.4, -0.2) is 16.3 Å². The molecular formula is C6H8N2O2. The van der Waals surface area contributed by atoms with Crippen molar-refractivity contribution < 1.29 is 9.53 Å². The second-order valence-electron chi connectivity index (χ2n) is 1.89. The predicted molar refractivity (Wildman–Crippen MR) is 34.1 cm³/mol. The van der Waals surface area contributed by atoms with Crippen LogP contribution in [0.1, 0.15) is 5.69 Å². The molecule has 0 bridgehead atoms. The van der Waals surface area contributed by atoms with Gasteiger partial charge in [-0.15, -0.1) is 0 Å². The largest absolute Gasteiger partial charge is 0.461 e. The molecule has 0 radical (unpaired) electrons. The maximum Gasteiger partial charge on any atom is 0.293 e. The first-order chi connectivity index (χ1) is 4.83. The van der Waals surface area contributed by atoms with Gasteiger partial charge in [-0.1, -0.05) is 0 Å². The number of hydrogen-bond donors (Lipinski definition) is 0. The summed E-state index contributed by atoms with van der Waals surface area (Å²) in [6.07, 6.45) is 1.80. The first kappa shape index (κ1) is 6.80. The van der Waals surface area contributed by atoms with Crippen LogP contribution in [-0.2, 0) is 23.2 Å². The van der Waals surface area contributed by atoms with E-state index in [2.05, 4.69) is 9.84 Å². The zero-order valence-corrected chi connectivity index (χ0v) is 5.65. The molecule has 0 amide bonds. The highest BCUT2D eigenvalue weighted by molar-refractivity contribution is 5.37. The molecule has 0 fully saturated rings. The lowest BCUT2D eigenvalue weighted by Crippen LogP contribution is -1.93. The molecule has 0 N–H and O–H groups in total. The Bertz CT molecular complexity index is 219. The third-order valence-corrected chi connectivity index (χ3v) is 1.07. The highest BCUT2D eigenvalue weighted by atomic mass is 16.5. The smallest absolute Gasteiger partial charge is 0.293 e. The second kappa shape index (κ2) is 3.00. The Morgan fingerprint density at radius 1 is 1.90 bits per heavy atom. The minimum absolute atomic E-state index is 0.254. The van der Waals surface area contributed by atoms with Crippen molar-refractivity contribution in [2.24, 2.45) is 7.05 Å². The van der Waals surface area contributed by atoms with Gasteiger partial charge in [-0.3, -0.25) is 9.48 Å². The van der Waals surface area contributed by atoms with Crippen molar-refractivity contribution in [1.82, 2.24) is 9.78 Å². The van der Waals surface area contributed by atoms with E-state index in [0.29, 0.717) is 6.47 Å². The summed E-state index contributed by atoms with van der Waals surface area (Å²) in [4.78, 5) is 9.73. The summed E-state index contributed by atoms with van der Waals surface area (Å²) >= 11 is 0. The Hall–Kier alpha value is -1.32. The van der Waals surface area contributed by atoms with Crippen LogP contribution in [0, 0.1) is 0 Å². The number of aryl methyl sites for hydroxylation is 1. The van der Waals surface area contributed by atoms with E-state index in [4.69, 9.17) is 0 Å². The van der Waals surface area contributed by atoms with Gasteiger partial charge in [0.1, 0.15) is 6.61 Å². The van der Waals surface area contributed by atoms with Crippen molar-refractivity contribution >= 4 is 6.47 Å². The van der Waals surface area contributed by atoms with E-state index in [-0.39, 0.29) is 6.61 Å². The second-order valence-corrected chi connectivity index (χ2v) is 1.89. The summed E-state index contributed by atoms with van der Waals surface area (Å²) in [6, 6.07) is 1.80. The van der Waals surface area contributed by atoms with Crippen LogP contribution in [0.3, 0.4) is 0 Å². The molecule has 1 aromatic heterocycles. The van der Waals surface area contributed by atoms with Gasteiger partial charge in [0.15, 0.2) is 0 Å². The Labute approximate surface area is 58.4 Å². The van der Waals surface area contributed by atoms with Crippen LogP contribution >= 0.6 is 0 Å². The minimum Gasteiger partial charge on any atom is -0.461 e. The van der Waals surface area contributed by atoms with E-state index in [1.165, 1.54) is 0 Å². The number of rotatable bonds is 3. The van der Waals surface area contributed by atoms with Gasteiger partial charge in [-0.2, -0.15) is 5.10 Å². The first-order valence-corrected chi connectivity index (χ1v) is 2.86. The molecule has 10 heavy (non-hydrogen) atoms. The van der Waals surface area contributed by atoms with Gasteiger partial charge < -0.3 is 4.74 Å². The van der Waals surface area contributed by atoms with E-state index in [1.54, 1.807) is 16.9 Å². The van der Waals surface area contributed by atoms with E-state index < -0.39 is 0 Å². The SMILES string of the molecule is Cn1ccc(COC=O)n1. The number of aromatic nitrogens is 2. The van der Waals surface area contributed by atoms with Gasteiger partial charge in [-0.25, -0.2) is 0 Å². The van der Waals surface area contributed by atoms with Gasteiger partial charge in [0.05, 0.1) is 5.69 Å². The molecule has 0 spiro atoms. The number of nitrogens with zero attached hydrogens (tertiary/aromatic N) is 2. The van der Waals surface area contributed by atoms with Crippen molar-refractivity contribution in [3.8, 4) is 0 Å². The fourth-order valence-corrected chi connectivity index (χ4v) is 0.660. The highest BCUT2D eigenvalue weighted by Crippen LogP contribution is 1.94. The molecule has 0 atom stereocenters. The van der Waals surface area contributed by atoms with Crippen molar-refractivity contribution in [1.29, 1.82) is 0 Å². The highest BCUT2D eigenvalue weighted by Gasteiger charge is 1.93. The van der Waals surface area contributed by atoms with Crippen LogP contribution in [0.4, 0.5) is 0 Å². The lowest BCUT2D eigenvalue weighted by Gasteiger charge is -1.90. The molecule has 0 aliphatic heterocycles. The Morgan fingerprint density at radius 2 is 2.70 bits per heavy atom. The number of carbonyl (C=O) groups excluding carboxylic acids is 1. The summed E-state index contributed by atoms with van der Waals surface area (Å²) in [5.41, 5.74) is 0.759. The summed E-state index contributed by atoms with van der Waals surface area (Å²) in [5.74, 6) is 0. The van der Waals surface area contributed by atoms with Gasteiger partial charge >= 0.3 is 0 Å². The molecule has 1 aromatic rings. The van der Waals surface area contributed by atoms with Gasteiger partial charge in [0.2, 0.25) is 0 Å². The molecule has 1 rings (SSSR count). The van der Waals surface area contributed by atoms with Gasteiger partial charge in [-0.05, 0) is 6.07 Å². The fraction of sp³-hybridized carbons (Fsp3) is 0.333. The normalized spacial score (nSPS) is 9.30. The Kier molecular flexibility index (Phi) is 2.04. The third-order valence-electron chi connectivity index (χ3n) is 1.07. The van der Waals surface area contributed by atoms with Crippen LogP contribution in [0.25, 0.3) is 0 Å². The van der Waals surface area contributed by atoms with Gasteiger partial charge in [0, 0.05) is 13.2 Å². The Balaban J connectivity index is 2.49. The lowest BCUT2D eigenvalue weighted by molar-refractivity contribution is -0.129. The average Bonchev–Trinajstić information content (AvgIpc) is 2.31. The molecule has 0 aliphatic rings. The van der Waals surface area contributed by atoms with Crippen LogP contribution < -0.4 is 0 Å². The summed E-state index contributed by atoms with van der Waals surface area (Å²) in [5, 5.41) is 3.98. The number of hydrogen-bond acceptors (Lipinski definition) is 3. The number of ether oxygens (including phenoxy) is 1. The molecule has 0 saturated heterocycles. The van der Waals surface area contributed by atoms with E-state index in [1.807, 2.05) is 7.05 Å². The minimum atomic E-state index is 0.254. The fourth-order valence-electron chi connectivity index (χ4n) is 0.660. The molecule has 4 heteroatoms. The zero-order chi connectivity index (χ0) is 7.40. The molecular weight excluding hydrogens is 132 g/mol. The predicted octanol–water partition coefficient (Wildman–Crippen LogP) is 0.0931. The summed E-state index contributed by atoms with van der Waals surface area (Å²) in [6.45, 7) is 0.666. The van der Waals surface area contributed by atoms with Crippen molar-refractivity contribution in [3.63, 3.8) is 0 Å². The average molecular weight is 140 g/mol. The van der Waals surface area contributed by atoms with E-state index in [9.17, 15) is 4.79 Å². The van der Waals surface area contributed by atoms with Crippen LogP contribution in [0.5, 0.6) is 0 Å². The maximum atomic E-state index is 9.73. The molecule has 0 aliphatic carbocycles. The Morgan fingerprint density at radius 3 is 3.20 bits per heavy atom. The molecule has 0 saturated carbocycles. The molecule has 0 unspecified atom stereocenters. The molecule has 54 valence electrons. The zero-order valence-electron chi connectivity index (χ0n) is 5.65. The monoisotopic (exact) mass is 140 g/mol. The summed E-state index contributed by atoms with van der Waals surface area (Å²) in [7, 11) is 1.81. The third kappa shape index (κ3) is 1.58. The van der Waals surface area contributed by atoms with E-state index in [0.717, 1.165) is 5.69 Å². The van der Waals surface area contributed by atoms with Crippen molar-refractivity contribution in [3.05, 3.63) is 18.0 Å². The van der Waals surface area contributed by atoms with Crippen LogP contribution in [0.2, 0.25) is 0 Å². The first-order valence-electron chi connectivity index (χ1n) is 2.86. The number of carbonyl (C=O) groups is 1. The molecule has 1 heterocycles.